The molecule has 12 heteroatoms. The van der Waals surface area contributed by atoms with E-state index < -0.39 is 23.5 Å². The van der Waals surface area contributed by atoms with E-state index in [4.69, 9.17) is 5.11 Å². The van der Waals surface area contributed by atoms with Crippen LogP contribution in [0.3, 0.4) is 0 Å². The van der Waals surface area contributed by atoms with Gasteiger partial charge in [-0.3, -0.25) is 14.9 Å². The molecule has 2 aromatic rings. The first-order chi connectivity index (χ1) is 11.8. The number of carboxylic acids is 1. The number of carbonyl (C=O) groups is 2. The summed E-state index contributed by atoms with van der Waals surface area (Å²) in [5.74, 6) is -0.906. The molecule has 0 aliphatic carbocycles. The second-order valence-electron chi connectivity index (χ2n) is 5.03. The standard InChI is InChI=1S/C13H15N7O5/c1-18-16-11(15-17-18)8-19(13(23)14-6-12(21)22)7-9-2-4-10(5-3-9)20(24)25/h2-5H,6-8H2,1H3,(H,14,23)(H,21,22). The van der Waals surface area contributed by atoms with Crippen molar-refractivity contribution in [2.24, 2.45) is 7.05 Å². The van der Waals surface area contributed by atoms with Crippen LogP contribution in [0.15, 0.2) is 24.3 Å². The Morgan fingerprint density at radius 3 is 2.52 bits per heavy atom. The molecule has 0 aliphatic rings. The van der Waals surface area contributed by atoms with Crippen molar-refractivity contribution >= 4 is 17.7 Å². The normalized spacial score (nSPS) is 10.3. The second kappa shape index (κ2) is 7.81. The molecule has 0 unspecified atom stereocenters. The maximum atomic E-state index is 12.2. The highest BCUT2D eigenvalue weighted by atomic mass is 16.6. The third-order valence-corrected chi connectivity index (χ3v) is 3.08. The summed E-state index contributed by atoms with van der Waals surface area (Å²) in [5, 5.41) is 33.0. The molecule has 1 aromatic heterocycles. The van der Waals surface area contributed by atoms with Crippen LogP contribution >= 0.6 is 0 Å². The number of aromatic nitrogens is 4. The fourth-order valence-corrected chi connectivity index (χ4v) is 1.96. The van der Waals surface area contributed by atoms with Gasteiger partial charge in [0.1, 0.15) is 6.54 Å². The van der Waals surface area contributed by atoms with Gasteiger partial charge in [-0.15, -0.1) is 10.2 Å². The van der Waals surface area contributed by atoms with Gasteiger partial charge in [-0.05, 0) is 10.8 Å². The number of amides is 2. The van der Waals surface area contributed by atoms with Crippen LogP contribution in [0.4, 0.5) is 10.5 Å². The number of tetrazole rings is 1. The average Bonchev–Trinajstić information content (AvgIpc) is 2.97. The van der Waals surface area contributed by atoms with E-state index in [0.717, 1.165) is 0 Å². The third-order valence-electron chi connectivity index (χ3n) is 3.08. The van der Waals surface area contributed by atoms with E-state index in [1.54, 1.807) is 7.05 Å². The van der Waals surface area contributed by atoms with E-state index in [1.807, 2.05) is 0 Å². The number of carbonyl (C=O) groups excluding carboxylic acids is 1. The van der Waals surface area contributed by atoms with Crippen molar-refractivity contribution in [1.82, 2.24) is 30.4 Å². The molecule has 2 amide bonds. The number of rotatable bonds is 7. The largest absolute Gasteiger partial charge is 0.480 e. The van der Waals surface area contributed by atoms with Crippen molar-refractivity contribution in [2.75, 3.05) is 6.54 Å². The van der Waals surface area contributed by atoms with Gasteiger partial charge in [0.15, 0.2) is 5.82 Å². The first kappa shape index (κ1) is 17.8. The number of nitro groups is 1. The predicted octanol–water partition coefficient (Wildman–Crippen LogP) is -0.0853. The molecule has 25 heavy (non-hydrogen) atoms. The quantitative estimate of drug-likeness (QED) is 0.519. The molecule has 0 atom stereocenters. The molecule has 0 bridgehead atoms. The number of urea groups is 1. The number of nitro benzene ring substituents is 1. The van der Waals surface area contributed by atoms with E-state index in [9.17, 15) is 19.7 Å². The zero-order chi connectivity index (χ0) is 18.4. The Labute approximate surface area is 141 Å². The fraction of sp³-hybridized carbons (Fsp3) is 0.308. The lowest BCUT2D eigenvalue weighted by molar-refractivity contribution is -0.384. The number of carboxylic acid groups (broad SMARTS) is 1. The van der Waals surface area contributed by atoms with Gasteiger partial charge in [0.2, 0.25) is 0 Å². The summed E-state index contributed by atoms with van der Waals surface area (Å²) in [6.45, 7) is -0.457. The van der Waals surface area contributed by atoms with Crippen molar-refractivity contribution in [1.29, 1.82) is 0 Å². The summed E-state index contributed by atoms with van der Waals surface area (Å²) in [6, 6.07) is 5.04. The minimum absolute atomic E-state index is 0.00369. The van der Waals surface area contributed by atoms with Crippen LogP contribution in [0.25, 0.3) is 0 Å². The molecule has 1 heterocycles. The van der Waals surface area contributed by atoms with E-state index >= 15 is 0 Å². The van der Waals surface area contributed by atoms with E-state index in [1.165, 1.54) is 34.0 Å². The molecule has 0 spiro atoms. The fourth-order valence-electron chi connectivity index (χ4n) is 1.96. The lowest BCUT2D eigenvalue weighted by atomic mass is 10.2. The van der Waals surface area contributed by atoms with Gasteiger partial charge in [0.25, 0.3) is 5.69 Å². The third kappa shape index (κ3) is 5.23. The molecule has 0 saturated heterocycles. The molecule has 0 aliphatic heterocycles. The number of hydrogen-bond donors (Lipinski definition) is 2. The second-order valence-corrected chi connectivity index (χ2v) is 5.03. The molecule has 132 valence electrons. The summed E-state index contributed by atoms with van der Waals surface area (Å²) in [7, 11) is 1.57. The number of aryl methyl sites for hydroxylation is 1. The first-order valence-electron chi connectivity index (χ1n) is 7.06. The molecule has 1 aromatic carbocycles. The molecule has 2 N–H and O–H groups in total. The van der Waals surface area contributed by atoms with Crippen molar-refractivity contribution in [3.05, 3.63) is 45.8 Å². The molecular formula is C13H15N7O5. The van der Waals surface area contributed by atoms with Gasteiger partial charge < -0.3 is 15.3 Å². The first-order valence-corrected chi connectivity index (χ1v) is 7.06. The van der Waals surface area contributed by atoms with Crippen molar-refractivity contribution < 1.29 is 19.6 Å². The van der Waals surface area contributed by atoms with Gasteiger partial charge in [0, 0.05) is 18.7 Å². The van der Waals surface area contributed by atoms with Crippen LogP contribution in [-0.4, -0.2) is 53.7 Å². The highest BCUT2D eigenvalue weighted by Crippen LogP contribution is 2.14. The van der Waals surface area contributed by atoms with Crippen molar-refractivity contribution in [2.45, 2.75) is 13.1 Å². The Morgan fingerprint density at radius 1 is 1.32 bits per heavy atom. The number of hydrogen-bond acceptors (Lipinski definition) is 7. The Kier molecular flexibility index (Phi) is 5.55. The Hall–Kier alpha value is -3.57. The van der Waals surface area contributed by atoms with Gasteiger partial charge >= 0.3 is 12.0 Å². The SMILES string of the molecule is Cn1nnc(CN(Cc2ccc([N+](=O)[O-])cc2)C(=O)NCC(=O)O)n1. The number of benzene rings is 1. The zero-order valence-corrected chi connectivity index (χ0v) is 13.2. The van der Waals surface area contributed by atoms with Gasteiger partial charge in [-0.2, -0.15) is 4.80 Å². The van der Waals surface area contributed by atoms with Crippen LogP contribution < -0.4 is 5.32 Å². The average molecular weight is 349 g/mol. The number of non-ortho nitro benzene ring substituents is 1. The van der Waals surface area contributed by atoms with Crippen LogP contribution in [0.1, 0.15) is 11.4 Å². The molecule has 0 fully saturated rings. The van der Waals surface area contributed by atoms with Crippen LogP contribution in [0.5, 0.6) is 0 Å². The smallest absolute Gasteiger partial charge is 0.323 e. The Bertz CT molecular complexity index is 773. The van der Waals surface area contributed by atoms with Crippen molar-refractivity contribution in [3.63, 3.8) is 0 Å². The van der Waals surface area contributed by atoms with Crippen molar-refractivity contribution in [3.8, 4) is 0 Å². The summed E-state index contributed by atoms with van der Waals surface area (Å²) in [4.78, 5) is 35.5. The topological polar surface area (TPSA) is 156 Å². The maximum absolute atomic E-state index is 12.2. The van der Waals surface area contributed by atoms with E-state index in [2.05, 4.69) is 20.7 Å². The summed E-state index contributed by atoms with van der Waals surface area (Å²) >= 11 is 0. The monoisotopic (exact) mass is 349 g/mol. The minimum Gasteiger partial charge on any atom is -0.480 e. The molecule has 0 radical (unpaired) electrons. The maximum Gasteiger partial charge on any atom is 0.323 e. The van der Waals surface area contributed by atoms with E-state index in [-0.39, 0.29) is 24.6 Å². The Balaban J connectivity index is 2.13. The summed E-state index contributed by atoms with van der Waals surface area (Å²) in [5.41, 5.74) is 0.557. The lowest BCUT2D eigenvalue weighted by Gasteiger charge is -2.21. The predicted molar refractivity (Wildman–Crippen MR) is 82.2 cm³/mol. The van der Waals surface area contributed by atoms with Crippen LogP contribution in [-0.2, 0) is 24.9 Å². The minimum atomic E-state index is -1.18. The zero-order valence-electron chi connectivity index (χ0n) is 13.2. The summed E-state index contributed by atoms with van der Waals surface area (Å²) < 4.78 is 0. The van der Waals surface area contributed by atoms with Crippen LogP contribution in [0.2, 0.25) is 0 Å². The van der Waals surface area contributed by atoms with E-state index in [0.29, 0.717) is 5.56 Å². The highest BCUT2D eigenvalue weighted by Gasteiger charge is 2.18. The molecular weight excluding hydrogens is 334 g/mol. The number of aliphatic carboxylic acids is 1. The highest BCUT2D eigenvalue weighted by molar-refractivity contribution is 5.79. The molecule has 2 rings (SSSR count). The molecule has 12 nitrogen and oxygen atoms in total. The van der Waals surface area contributed by atoms with Crippen LogP contribution in [0, 0.1) is 10.1 Å². The molecule has 0 saturated carbocycles. The number of nitrogens with zero attached hydrogens (tertiary/aromatic N) is 6. The van der Waals surface area contributed by atoms with Gasteiger partial charge in [-0.25, -0.2) is 4.79 Å². The van der Waals surface area contributed by atoms with Gasteiger partial charge in [-0.1, -0.05) is 12.1 Å². The lowest BCUT2D eigenvalue weighted by Crippen LogP contribution is -2.41. The summed E-state index contributed by atoms with van der Waals surface area (Å²) in [6.07, 6.45) is 0. The Morgan fingerprint density at radius 2 is 2.00 bits per heavy atom. The number of nitrogens with one attached hydrogen (secondary N) is 1. The van der Waals surface area contributed by atoms with Gasteiger partial charge in [0.05, 0.1) is 18.5 Å².